The summed E-state index contributed by atoms with van der Waals surface area (Å²) < 4.78 is 0. The Bertz CT molecular complexity index is 1210. The number of fused-ring (bicyclic) bond motifs is 1. The van der Waals surface area contributed by atoms with Crippen LogP contribution in [0.3, 0.4) is 0 Å². The summed E-state index contributed by atoms with van der Waals surface area (Å²) in [5.41, 5.74) is 6.66. The Kier molecular flexibility index (Phi) is 7.16. The molecule has 0 spiro atoms. The van der Waals surface area contributed by atoms with E-state index in [1.807, 2.05) is 48.7 Å². The van der Waals surface area contributed by atoms with Crippen molar-refractivity contribution in [2.24, 2.45) is 4.99 Å². The normalized spacial score (nSPS) is 15.4. The topological polar surface area (TPSA) is 81.7 Å². The Morgan fingerprint density at radius 1 is 1.09 bits per heavy atom. The van der Waals surface area contributed by atoms with Crippen LogP contribution >= 0.6 is 0 Å². The lowest BCUT2D eigenvalue weighted by Crippen LogP contribution is -2.42. The fraction of sp³-hybridized carbons (Fsp3) is 0.321. The van der Waals surface area contributed by atoms with Gasteiger partial charge in [-0.3, -0.25) is 14.7 Å². The second kappa shape index (κ2) is 10.8. The van der Waals surface area contributed by atoms with Gasteiger partial charge in [0.25, 0.3) is 5.91 Å². The number of pyridine rings is 1. The van der Waals surface area contributed by atoms with E-state index in [0.29, 0.717) is 5.56 Å². The van der Waals surface area contributed by atoms with Crippen molar-refractivity contribution in [3.05, 3.63) is 83.0 Å². The van der Waals surface area contributed by atoms with E-state index in [2.05, 4.69) is 44.9 Å². The standard InChI is InChI=1S/C28H32N6O/c1-2-10-30-27-9-7-23(18-31-27)25-16-21-6-8-24(17-26(21)33-25)32-28(35)22-5-3-4-20(15-22)19-34-13-11-29-12-14-34/h3-9,15,17-18,29H,2,10-14,16,19H2,1H3,(H,30,31)(H,32,35). The van der Waals surface area contributed by atoms with Crippen LogP contribution in [0.5, 0.6) is 0 Å². The molecule has 1 fully saturated rings. The minimum atomic E-state index is -0.103. The van der Waals surface area contributed by atoms with Gasteiger partial charge in [0.05, 0.1) is 11.4 Å². The third kappa shape index (κ3) is 5.75. The molecule has 1 aromatic heterocycles. The highest BCUT2D eigenvalue weighted by atomic mass is 16.1. The first-order valence-corrected chi connectivity index (χ1v) is 12.4. The van der Waals surface area contributed by atoms with Crippen molar-refractivity contribution in [2.75, 3.05) is 43.4 Å². The second-order valence-corrected chi connectivity index (χ2v) is 9.12. The predicted octanol–water partition coefficient (Wildman–Crippen LogP) is 4.24. The third-order valence-electron chi connectivity index (χ3n) is 6.41. The van der Waals surface area contributed by atoms with E-state index in [1.165, 1.54) is 0 Å². The number of anilines is 2. The summed E-state index contributed by atoms with van der Waals surface area (Å²) >= 11 is 0. The molecule has 2 aliphatic heterocycles. The van der Waals surface area contributed by atoms with Crippen LogP contribution in [0.1, 0.15) is 40.4 Å². The zero-order valence-corrected chi connectivity index (χ0v) is 20.2. The van der Waals surface area contributed by atoms with Crippen molar-refractivity contribution < 1.29 is 4.79 Å². The van der Waals surface area contributed by atoms with E-state index >= 15 is 0 Å². The average molecular weight is 469 g/mol. The molecule has 0 atom stereocenters. The maximum atomic E-state index is 13.0. The summed E-state index contributed by atoms with van der Waals surface area (Å²) in [5.74, 6) is 0.780. The Morgan fingerprint density at radius 2 is 1.97 bits per heavy atom. The molecule has 180 valence electrons. The van der Waals surface area contributed by atoms with Gasteiger partial charge < -0.3 is 16.0 Å². The highest BCUT2D eigenvalue weighted by Gasteiger charge is 2.18. The molecule has 1 saturated heterocycles. The largest absolute Gasteiger partial charge is 0.370 e. The molecule has 3 heterocycles. The molecular weight excluding hydrogens is 436 g/mol. The van der Waals surface area contributed by atoms with E-state index in [1.54, 1.807) is 0 Å². The monoisotopic (exact) mass is 468 g/mol. The molecule has 3 aromatic rings. The Balaban J connectivity index is 1.24. The SMILES string of the molecule is CCCNc1ccc(C2=Nc3cc(NC(=O)c4cccc(CN5CCNCC5)c4)ccc3C2)cn1. The van der Waals surface area contributed by atoms with Crippen molar-refractivity contribution >= 4 is 28.8 Å². The predicted molar refractivity (Wildman–Crippen MR) is 142 cm³/mol. The number of hydrogen-bond acceptors (Lipinski definition) is 6. The molecule has 0 radical (unpaired) electrons. The van der Waals surface area contributed by atoms with Crippen molar-refractivity contribution in [2.45, 2.75) is 26.3 Å². The molecular formula is C28H32N6O. The molecule has 2 aromatic carbocycles. The first kappa shape index (κ1) is 23.2. The van der Waals surface area contributed by atoms with Gasteiger partial charge in [0.15, 0.2) is 0 Å². The number of piperazine rings is 1. The molecule has 5 rings (SSSR count). The van der Waals surface area contributed by atoms with Gasteiger partial charge in [-0.25, -0.2) is 4.98 Å². The Morgan fingerprint density at radius 3 is 2.77 bits per heavy atom. The van der Waals surface area contributed by atoms with Gasteiger partial charge in [0, 0.05) is 68.7 Å². The molecule has 0 unspecified atom stereocenters. The summed E-state index contributed by atoms with van der Waals surface area (Å²) in [6, 6.07) is 17.9. The highest BCUT2D eigenvalue weighted by Crippen LogP contribution is 2.31. The molecule has 0 bridgehead atoms. The molecule has 2 aliphatic rings. The molecule has 0 saturated carbocycles. The summed E-state index contributed by atoms with van der Waals surface area (Å²) in [6.07, 6.45) is 3.70. The van der Waals surface area contributed by atoms with Gasteiger partial charge in [0.2, 0.25) is 0 Å². The number of aromatic nitrogens is 1. The number of carbonyl (C=O) groups excluding carboxylic acids is 1. The molecule has 35 heavy (non-hydrogen) atoms. The van der Waals surface area contributed by atoms with Gasteiger partial charge in [0.1, 0.15) is 5.82 Å². The van der Waals surface area contributed by atoms with Crippen LogP contribution in [0.4, 0.5) is 17.2 Å². The second-order valence-electron chi connectivity index (χ2n) is 9.12. The third-order valence-corrected chi connectivity index (χ3v) is 6.41. The quantitative estimate of drug-likeness (QED) is 0.461. The van der Waals surface area contributed by atoms with Crippen LogP contribution in [0.25, 0.3) is 0 Å². The van der Waals surface area contributed by atoms with E-state index < -0.39 is 0 Å². The van der Waals surface area contributed by atoms with Crippen molar-refractivity contribution in [3.63, 3.8) is 0 Å². The molecule has 7 heteroatoms. The summed E-state index contributed by atoms with van der Waals surface area (Å²) in [7, 11) is 0. The van der Waals surface area contributed by atoms with Crippen molar-refractivity contribution in [1.29, 1.82) is 0 Å². The number of nitrogens with zero attached hydrogens (tertiary/aromatic N) is 3. The Hall–Kier alpha value is -3.55. The van der Waals surface area contributed by atoms with Crippen LogP contribution < -0.4 is 16.0 Å². The average Bonchev–Trinajstić information content (AvgIpc) is 3.32. The number of rotatable bonds is 8. The van der Waals surface area contributed by atoms with Crippen LogP contribution in [0.2, 0.25) is 0 Å². The zero-order valence-electron chi connectivity index (χ0n) is 20.2. The van der Waals surface area contributed by atoms with Crippen LogP contribution in [-0.4, -0.2) is 54.2 Å². The minimum Gasteiger partial charge on any atom is -0.370 e. The lowest BCUT2D eigenvalue weighted by molar-refractivity contribution is 0.102. The molecule has 3 N–H and O–H groups in total. The lowest BCUT2D eigenvalue weighted by atomic mass is 10.1. The summed E-state index contributed by atoms with van der Waals surface area (Å²) in [6.45, 7) is 8.00. The van der Waals surface area contributed by atoms with Gasteiger partial charge in [-0.1, -0.05) is 25.1 Å². The molecule has 0 aliphatic carbocycles. The fourth-order valence-corrected chi connectivity index (χ4v) is 4.49. The minimum absolute atomic E-state index is 0.103. The van der Waals surface area contributed by atoms with Gasteiger partial charge in [-0.15, -0.1) is 0 Å². The highest BCUT2D eigenvalue weighted by molar-refractivity contribution is 6.08. The number of benzene rings is 2. The lowest BCUT2D eigenvalue weighted by Gasteiger charge is -2.27. The maximum Gasteiger partial charge on any atom is 0.255 e. The molecule has 7 nitrogen and oxygen atoms in total. The fourth-order valence-electron chi connectivity index (χ4n) is 4.49. The van der Waals surface area contributed by atoms with Crippen molar-refractivity contribution in [1.82, 2.24) is 15.2 Å². The van der Waals surface area contributed by atoms with Crippen LogP contribution in [0.15, 0.2) is 65.8 Å². The van der Waals surface area contributed by atoms with E-state index in [9.17, 15) is 4.79 Å². The number of hydrogen-bond donors (Lipinski definition) is 3. The van der Waals surface area contributed by atoms with Gasteiger partial charge in [-0.05, 0) is 53.9 Å². The van der Waals surface area contributed by atoms with Gasteiger partial charge in [-0.2, -0.15) is 0 Å². The first-order chi connectivity index (χ1) is 17.2. The number of carbonyl (C=O) groups is 1. The Labute approximate surface area is 206 Å². The van der Waals surface area contributed by atoms with E-state index in [4.69, 9.17) is 4.99 Å². The summed E-state index contributed by atoms with van der Waals surface area (Å²) in [4.78, 5) is 24.7. The number of amides is 1. The van der Waals surface area contributed by atoms with Crippen molar-refractivity contribution in [3.8, 4) is 0 Å². The smallest absolute Gasteiger partial charge is 0.255 e. The van der Waals surface area contributed by atoms with Crippen LogP contribution in [-0.2, 0) is 13.0 Å². The van der Waals surface area contributed by atoms with Crippen LogP contribution in [0, 0.1) is 0 Å². The zero-order chi connectivity index (χ0) is 24.0. The van der Waals surface area contributed by atoms with Gasteiger partial charge >= 0.3 is 0 Å². The van der Waals surface area contributed by atoms with E-state index in [0.717, 1.165) is 91.7 Å². The maximum absolute atomic E-state index is 13.0. The first-order valence-electron chi connectivity index (χ1n) is 12.4. The van der Waals surface area contributed by atoms with E-state index in [-0.39, 0.29) is 5.91 Å². The number of nitrogens with one attached hydrogen (secondary N) is 3. The number of aliphatic imine (C=N–C) groups is 1. The summed E-state index contributed by atoms with van der Waals surface area (Å²) in [5, 5.41) is 9.72. The molecule has 1 amide bonds.